The van der Waals surface area contributed by atoms with Gasteiger partial charge in [0.25, 0.3) is 5.56 Å². The Hall–Kier alpha value is -0.820. The van der Waals surface area contributed by atoms with E-state index < -0.39 is 0 Å². The molecule has 5 heteroatoms. The molecule has 4 nitrogen and oxygen atoms in total. The van der Waals surface area contributed by atoms with Gasteiger partial charge in [0.05, 0.1) is 0 Å². The first-order valence-electron chi connectivity index (χ1n) is 6.32. The fourth-order valence-electron chi connectivity index (χ4n) is 2.72. The van der Waals surface area contributed by atoms with E-state index in [0.29, 0.717) is 5.92 Å². The van der Waals surface area contributed by atoms with Crippen LogP contribution in [0.15, 0.2) is 23.3 Å². The Morgan fingerprint density at radius 2 is 2.39 bits per heavy atom. The summed E-state index contributed by atoms with van der Waals surface area (Å²) in [7, 11) is 0. The van der Waals surface area contributed by atoms with Gasteiger partial charge in [0.15, 0.2) is 0 Å². The van der Waals surface area contributed by atoms with Gasteiger partial charge >= 0.3 is 0 Å². The Morgan fingerprint density at radius 3 is 3.17 bits per heavy atom. The Bertz CT molecular complexity index is 610. The fourth-order valence-corrected chi connectivity index (χ4v) is 3.49. The number of nitrogens with zero attached hydrogens (tertiary/aromatic N) is 1. The second-order valence-corrected chi connectivity index (χ2v) is 6.07. The standard InChI is InChI=1S/C13H16IN3O/c14-11-8-17(7-9-2-1-4-15-6-9)12-10(11)3-5-16-13(12)18/h3,5,8-9,15H,1-2,4,6-7H2,(H,16,18). The maximum atomic E-state index is 12.0. The second-order valence-electron chi connectivity index (χ2n) is 4.91. The van der Waals surface area contributed by atoms with E-state index in [4.69, 9.17) is 0 Å². The molecule has 0 amide bonds. The highest BCUT2D eigenvalue weighted by molar-refractivity contribution is 14.1. The van der Waals surface area contributed by atoms with Crippen molar-refractivity contribution in [3.05, 3.63) is 32.4 Å². The minimum absolute atomic E-state index is 0.0131. The maximum Gasteiger partial charge on any atom is 0.272 e. The summed E-state index contributed by atoms with van der Waals surface area (Å²) in [6.07, 6.45) is 6.29. The number of hydrogen-bond donors (Lipinski definition) is 2. The number of pyridine rings is 1. The van der Waals surface area contributed by atoms with E-state index in [1.54, 1.807) is 6.20 Å². The number of aromatic nitrogens is 2. The van der Waals surface area contributed by atoms with Crippen LogP contribution in [-0.2, 0) is 6.54 Å². The van der Waals surface area contributed by atoms with Gasteiger partial charge in [0, 0.05) is 27.9 Å². The third kappa shape index (κ3) is 2.21. The summed E-state index contributed by atoms with van der Waals surface area (Å²) in [5.74, 6) is 0.629. The van der Waals surface area contributed by atoms with Crippen LogP contribution in [0.25, 0.3) is 10.9 Å². The highest BCUT2D eigenvalue weighted by Crippen LogP contribution is 2.22. The molecule has 1 saturated heterocycles. The summed E-state index contributed by atoms with van der Waals surface area (Å²) < 4.78 is 3.27. The number of fused-ring (bicyclic) bond motifs is 1. The summed E-state index contributed by atoms with van der Waals surface area (Å²) in [5.41, 5.74) is 0.826. The molecule has 1 unspecified atom stereocenters. The zero-order valence-electron chi connectivity index (χ0n) is 10.1. The first-order chi connectivity index (χ1) is 8.75. The first kappa shape index (κ1) is 12.2. The minimum atomic E-state index is 0.0131. The van der Waals surface area contributed by atoms with Crippen LogP contribution in [0.5, 0.6) is 0 Å². The summed E-state index contributed by atoms with van der Waals surface area (Å²) in [6.45, 7) is 3.11. The Balaban J connectivity index is 1.98. The second kappa shape index (κ2) is 5.05. The third-order valence-electron chi connectivity index (χ3n) is 3.60. The predicted octanol–water partition coefficient (Wildman–Crippen LogP) is 1.93. The number of aromatic amines is 1. The molecule has 0 aromatic carbocycles. The number of nitrogens with one attached hydrogen (secondary N) is 2. The molecular formula is C13H16IN3O. The van der Waals surface area contributed by atoms with Crippen molar-refractivity contribution < 1.29 is 0 Å². The van der Waals surface area contributed by atoms with Crippen LogP contribution in [-0.4, -0.2) is 22.6 Å². The van der Waals surface area contributed by atoms with Crippen molar-refractivity contribution in [2.75, 3.05) is 13.1 Å². The number of rotatable bonds is 2. The molecular weight excluding hydrogens is 341 g/mol. The van der Waals surface area contributed by atoms with Gasteiger partial charge in [-0.15, -0.1) is 0 Å². The molecule has 18 heavy (non-hydrogen) atoms. The average molecular weight is 357 g/mol. The van der Waals surface area contributed by atoms with Gasteiger partial charge in [-0.2, -0.15) is 0 Å². The van der Waals surface area contributed by atoms with Crippen molar-refractivity contribution in [2.45, 2.75) is 19.4 Å². The van der Waals surface area contributed by atoms with Crippen molar-refractivity contribution in [1.29, 1.82) is 0 Å². The lowest BCUT2D eigenvalue weighted by molar-refractivity contribution is 0.340. The van der Waals surface area contributed by atoms with Gasteiger partial charge < -0.3 is 14.9 Å². The van der Waals surface area contributed by atoms with Gasteiger partial charge in [-0.25, -0.2) is 0 Å². The van der Waals surface area contributed by atoms with Crippen LogP contribution in [0.3, 0.4) is 0 Å². The number of halogens is 1. The van der Waals surface area contributed by atoms with Gasteiger partial charge in [-0.3, -0.25) is 4.79 Å². The maximum absolute atomic E-state index is 12.0. The summed E-state index contributed by atoms with van der Waals surface area (Å²) in [5, 5.41) is 4.48. The first-order valence-corrected chi connectivity index (χ1v) is 7.40. The van der Waals surface area contributed by atoms with Crippen molar-refractivity contribution in [1.82, 2.24) is 14.9 Å². The van der Waals surface area contributed by atoms with Gasteiger partial charge in [0.2, 0.25) is 0 Å². The summed E-state index contributed by atoms with van der Waals surface area (Å²) >= 11 is 2.30. The zero-order chi connectivity index (χ0) is 12.5. The lowest BCUT2D eigenvalue weighted by atomic mass is 10.00. The highest BCUT2D eigenvalue weighted by Gasteiger charge is 2.16. The van der Waals surface area contributed by atoms with Crippen molar-refractivity contribution in [3.63, 3.8) is 0 Å². The van der Waals surface area contributed by atoms with E-state index in [1.807, 2.05) is 6.07 Å². The Labute approximate surface area is 119 Å². The molecule has 3 rings (SSSR count). The largest absolute Gasteiger partial charge is 0.342 e. The monoisotopic (exact) mass is 357 g/mol. The average Bonchev–Trinajstić information content (AvgIpc) is 2.69. The SMILES string of the molecule is O=c1[nH]ccc2c(I)cn(CC3CCCNC3)c12. The molecule has 1 fully saturated rings. The van der Waals surface area contributed by atoms with Crippen LogP contribution in [0.1, 0.15) is 12.8 Å². The number of H-pyrrole nitrogens is 1. The zero-order valence-corrected chi connectivity index (χ0v) is 12.2. The quantitative estimate of drug-likeness (QED) is 0.808. The Morgan fingerprint density at radius 1 is 1.50 bits per heavy atom. The summed E-state index contributed by atoms with van der Waals surface area (Å²) in [6, 6.07) is 1.98. The van der Waals surface area contributed by atoms with Crippen LogP contribution in [0.2, 0.25) is 0 Å². The molecule has 96 valence electrons. The topological polar surface area (TPSA) is 49.8 Å². The Kier molecular flexibility index (Phi) is 3.43. The molecule has 0 spiro atoms. The van der Waals surface area contributed by atoms with E-state index in [1.165, 1.54) is 12.8 Å². The molecule has 0 bridgehead atoms. The molecule has 2 aromatic heterocycles. The van der Waals surface area contributed by atoms with Crippen molar-refractivity contribution in [2.24, 2.45) is 5.92 Å². The van der Waals surface area contributed by atoms with Gasteiger partial charge in [-0.05, 0) is 60.5 Å². The number of hydrogen-bond acceptors (Lipinski definition) is 2. The molecule has 2 N–H and O–H groups in total. The van der Waals surface area contributed by atoms with E-state index >= 15 is 0 Å². The molecule has 0 radical (unpaired) electrons. The highest BCUT2D eigenvalue weighted by atomic mass is 127. The minimum Gasteiger partial charge on any atom is -0.342 e. The van der Waals surface area contributed by atoms with E-state index in [0.717, 1.165) is 34.1 Å². The van der Waals surface area contributed by atoms with E-state index in [2.05, 4.69) is 43.7 Å². The summed E-state index contributed by atoms with van der Waals surface area (Å²) in [4.78, 5) is 14.7. The molecule has 0 saturated carbocycles. The third-order valence-corrected chi connectivity index (χ3v) is 4.46. The van der Waals surface area contributed by atoms with Crippen LogP contribution in [0.4, 0.5) is 0 Å². The van der Waals surface area contributed by atoms with Crippen LogP contribution >= 0.6 is 22.6 Å². The molecule has 1 aliphatic rings. The lowest BCUT2D eigenvalue weighted by Crippen LogP contribution is -2.32. The molecule has 1 atom stereocenters. The smallest absolute Gasteiger partial charge is 0.272 e. The van der Waals surface area contributed by atoms with E-state index in [-0.39, 0.29) is 5.56 Å². The molecule has 3 heterocycles. The van der Waals surface area contributed by atoms with Gasteiger partial charge in [0.1, 0.15) is 5.52 Å². The molecule has 1 aliphatic heterocycles. The van der Waals surface area contributed by atoms with Crippen LogP contribution < -0.4 is 10.9 Å². The fraction of sp³-hybridized carbons (Fsp3) is 0.462. The molecule has 2 aromatic rings. The van der Waals surface area contributed by atoms with E-state index in [9.17, 15) is 4.79 Å². The van der Waals surface area contributed by atoms with Gasteiger partial charge in [-0.1, -0.05) is 0 Å². The van der Waals surface area contributed by atoms with Crippen molar-refractivity contribution >= 4 is 33.5 Å². The predicted molar refractivity (Wildman–Crippen MR) is 80.9 cm³/mol. The van der Waals surface area contributed by atoms with Crippen molar-refractivity contribution in [3.8, 4) is 0 Å². The normalized spacial score (nSPS) is 20.4. The number of piperidine rings is 1. The van der Waals surface area contributed by atoms with Crippen LogP contribution in [0, 0.1) is 9.49 Å². The lowest BCUT2D eigenvalue weighted by Gasteiger charge is -2.23. The molecule has 0 aliphatic carbocycles.